The van der Waals surface area contributed by atoms with Crippen LogP contribution in [0.5, 0.6) is 0 Å². The quantitative estimate of drug-likeness (QED) is 0.406. The Labute approximate surface area is 179 Å². The molecule has 1 atom stereocenters. The molecule has 0 fully saturated rings. The van der Waals surface area contributed by atoms with Crippen molar-refractivity contribution in [2.45, 2.75) is 18.2 Å². The number of rotatable bonds is 8. The Bertz CT molecular complexity index is 1140. The maximum Gasteiger partial charge on any atom is 0.216 e. The summed E-state index contributed by atoms with van der Waals surface area (Å²) in [6.45, 7) is 0. The fraction of sp³-hybridized carbons (Fsp3) is 0.136. The zero-order valence-corrected chi connectivity index (χ0v) is 18.0. The number of hydrogen-bond acceptors (Lipinski definition) is 5. The summed E-state index contributed by atoms with van der Waals surface area (Å²) in [6, 6.07) is 22.7. The molecule has 2 heterocycles. The first-order chi connectivity index (χ1) is 14.1. The van der Waals surface area contributed by atoms with E-state index in [0.29, 0.717) is 6.42 Å². The van der Waals surface area contributed by atoms with Crippen molar-refractivity contribution in [3.05, 3.63) is 100 Å². The lowest BCUT2D eigenvalue weighted by molar-refractivity contribution is 0.550. The summed E-state index contributed by atoms with van der Waals surface area (Å²) >= 11 is 3.17. The van der Waals surface area contributed by atoms with E-state index in [1.807, 2.05) is 83.6 Å². The largest absolute Gasteiger partial charge is 0.239 e. The monoisotopic (exact) mass is 440 g/mol. The van der Waals surface area contributed by atoms with Gasteiger partial charge in [-0.1, -0.05) is 66.7 Å². The second-order valence-electron chi connectivity index (χ2n) is 6.66. The fourth-order valence-corrected chi connectivity index (χ4v) is 6.11. The Morgan fingerprint density at radius 1 is 0.862 bits per heavy atom. The van der Waals surface area contributed by atoms with E-state index >= 15 is 0 Å². The fourth-order valence-electron chi connectivity index (χ4n) is 3.07. The van der Waals surface area contributed by atoms with Gasteiger partial charge in [0.05, 0.1) is 22.4 Å². The normalized spacial score (nSPS) is 12.7. The number of nitrogens with one attached hydrogen (secondary N) is 1. The van der Waals surface area contributed by atoms with E-state index < -0.39 is 16.1 Å². The molecule has 7 heteroatoms. The summed E-state index contributed by atoms with van der Waals surface area (Å²) in [6.07, 6.45) is 0.544. The highest BCUT2D eigenvalue weighted by atomic mass is 32.2. The summed E-state index contributed by atoms with van der Waals surface area (Å²) in [5.74, 6) is -0.0545. The van der Waals surface area contributed by atoms with E-state index in [9.17, 15) is 8.42 Å². The molecule has 2 aromatic carbocycles. The zero-order valence-electron chi connectivity index (χ0n) is 15.6. The number of hydrogen-bond donors (Lipinski definition) is 1. The number of benzene rings is 2. The van der Waals surface area contributed by atoms with E-state index in [4.69, 9.17) is 4.98 Å². The first-order valence-corrected chi connectivity index (χ1v) is 12.6. The van der Waals surface area contributed by atoms with Crippen molar-refractivity contribution in [1.29, 1.82) is 0 Å². The molecule has 1 N–H and O–H groups in total. The Morgan fingerprint density at radius 3 is 2.21 bits per heavy atom. The van der Waals surface area contributed by atoms with Gasteiger partial charge in [-0.15, -0.1) is 22.7 Å². The van der Waals surface area contributed by atoms with E-state index in [2.05, 4.69) is 4.72 Å². The van der Waals surface area contributed by atoms with Crippen molar-refractivity contribution in [2.75, 3.05) is 0 Å². The molecule has 29 heavy (non-hydrogen) atoms. The molecule has 0 saturated carbocycles. The summed E-state index contributed by atoms with van der Waals surface area (Å²) < 4.78 is 28.6. The van der Waals surface area contributed by atoms with Crippen LogP contribution in [-0.2, 0) is 22.2 Å². The van der Waals surface area contributed by atoms with Crippen molar-refractivity contribution in [2.24, 2.45) is 0 Å². The minimum absolute atomic E-state index is 0.0545. The van der Waals surface area contributed by atoms with E-state index in [0.717, 1.165) is 26.7 Å². The maximum absolute atomic E-state index is 12.9. The van der Waals surface area contributed by atoms with Crippen LogP contribution in [0.4, 0.5) is 0 Å². The van der Waals surface area contributed by atoms with Gasteiger partial charge in [0.2, 0.25) is 10.0 Å². The minimum Gasteiger partial charge on any atom is -0.239 e. The third kappa shape index (κ3) is 5.39. The highest BCUT2D eigenvalue weighted by molar-refractivity contribution is 7.88. The van der Waals surface area contributed by atoms with Crippen molar-refractivity contribution >= 4 is 32.7 Å². The summed E-state index contributed by atoms with van der Waals surface area (Å²) in [7, 11) is -3.53. The van der Waals surface area contributed by atoms with Crippen LogP contribution < -0.4 is 4.72 Å². The van der Waals surface area contributed by atoms with Crippen molar-refractivity contribution in [3.63, 3.8) is 0 Å². The molecule has 148 valence electrons. The molecule has 4 nitrogen and oxygen atoms in total. The lowest BCUT2D eigenvalue weighted by atomic mass is 10.1. The van der Waals surface area contributed by atoms with Crippen LogP contribution in [0, 0.1) is 0 Å². The van der Waals surface area contributed by atoms with Gasteiger partial charge in [-0.3, -0.25) is 0 Å². The molecular weight excluding hydrogens is 420 g/mol. The molecule has 0 spiro atoms. The van der Waals surface area contributed by atoms with Crippen molar-refractivity contribution in [3.8, 4) is 9.88 Å². The number of aromatic nitrogens is 1. The lowest BCUT2D eigenvalue weighted by Gasteiger charge is -2.17. The average molecular weight is 441 g/mol. The zero-order chi connectivity index (χ0) is 20.1. The van der Waals surface area contributed by atoms with Crippen LogP contribution in [0.1, 0.15) is 22.9 Å². The first-order valence-electron chi connectivity index (χ1n) is 9.16. The van der Waals surface area contributed by atoms with E-state index in [1.54, 1.807) is 22.7 Å². The Morgan fingerprint density at radius 2 is 1.55 bits per heavy atom. The molecule has 0 amide bonds. The van der Waals surface area contributed by atoms with E-state index in [1.165, 1.54) is 0 Å². The summed E-state index contributed by atoms with van der Waals surface area (Å²) in [5, 5.41) is 4.88. The smallest absolute Gasteiger partial charge is 0.216 e. The Balaban J connectivity index is 1.60. The van der Waals surface area contributed by atoms with Gasteiger partial charge >= 0.3 is 0 Å². The predicted molar refractivity (Wildman–Crippen MR) is 121 cm³/mol. The summed E-state index contributed by atoms with van der Waals surface area (Å²) in [4.78, 5) is 5.83. The highest BCUT2D eigenvalue weighted by Gasteiger charge is 2.23. The number of sulfonamides is 1. The molecular formula is C22H20N2O2S3. The molecule has 1 unspecified atom stereocenters. The standard InChI is InChI=1S/C22H20N2O2S3/c25-29(26,16-18-10-5-2-6-11-18)24-19(14-17-8-3-1-4-9-17)20-15-28-22(23-20)21-12-7-13-27-21/h1-13,15,19,24H,14,16H2. The van der Waals surface area contributed by atoms with Crippen LogP contribution in [-0.4, -0.2) is 13.4 Å². The number of thiazole rings is 1. The maximum atomic E-state index is 12.9. The van der Waals surface area contributed by atoms with Crippen LogP contribution in [0.25, 0.3) is 9.88 Å². The van der Waals surface area contributed by atoms with Gasteiger partial charge in [0.1, 0.15) is 5.01 Å². The summed E-state index contributed by atoms with van der Waals surface area (Å²) in [5.41, 5.74) is 2.57. The van der Waals surface area contributed by atoms with Gasteiger partial charge in [0, 0.05) is 5.38 Å². The number of thiophene rings is 1. The van der Waals surface area contributed by atoms with Crippen molar-refractivity contribution < 1.29 is 8.42 Å². The second kappa shape index (κ2) is 9.00. The van der Waals surface area contributed by atoms with Crippen LogP contribution in [0.2, 0.25) is 0 Å². The molecule has 4 rings (SSSR count). The van der Waals surface area contributed by atoms with Gasteiger partial charge in [0.15, 0.2) is 0 Å². The predicted octanol–water partition coefficient (Wildman–Crippen LogP) is 5.28. The highest BCUT2D eigenvalue weighted by Crippen LogP contribution is 2.31. The Kier molecular flexibility index (Phi) is 6.20. The SMILES string of the molecule is O=S(=O)(Cc1ccccc1)NC(Cc1ccccc1)c1csc(-c2cccs2)n1. The topological polar surface area (TPSA) is 59.1 Å². The molecule has 0 aliphatic carbocycles. The molecule has 0 aliphatic heterocycles. The van der Waals surface area contributed by atoms with Gasteiger partial charge in [-0.05, 0) is 29.0 Å². The molecule has 0 aliphatic rings. The van der Waals surface area contributed by atoms with Crippen LogP contribution in [0.3, 0.4) is 0 Å². The van der Waals surface area contributed by atoms with Crippen LogP contribution >= 0.6 is 22.7 Å². The van der Waals surface area contributed by atoms with Gasteiger partial charge < -0.3 is 0 Å². The third-order valence-corrected chi connectivity index (χ3v) is 7.67. The first kappa shape index (κ1) is 20.0. The molecule has 2 aromatic heterocycles. The molecule has 0 radical (unpaired) electrons. The minimum atomic E-state index is -3.53. The molecule has 0 saturated heterocycles. The molecule has 0 bridgehead atoms. The second-order valence-corrected chi connectivity index (χ2v) is 10.2. The van der Waals surface area contributed by atoms with Crippen molar-refractivity contribution in [1.82, 2.24) is 9.71 Å². The lowest BCUT2D eigenvalue weighted by Crippen LogP contribution is -2.31. The average Bonchev–Trinajstić information content (AvgIpc) is 3.40. The van der Waals surface area contributed by atoms with Gasteiger partial charge in [-0.2, -0.15) is 0 Å². The van der Waals surface area contributed by atoms with E-state index in [-0.39, 0.29) is 5.75 Å². The third-order valence-electron chi connectivity index (χ3n) is 4.41. The van der Waals surface area contributed by atoms with Gasteiger partial charge in [0.25, 0.3) is 0 Å². The van der Waals surface area contributed by atoms with Crippen LogP contribution in [0.15, 0.2) is 83.6 Å². The van der Waals surface area contributed by atoms with Gasteiger partial charge in [-0.25, -0.2) is 18.1 Å². The molecule has 4 aromatic rings. The number of nitrogens with zero attached hydrogens (tertiary/aromatic N) is 1. The Hall–Kier alpha value is -2.32.